The SMILES string of the molecule is COc1ccc(N)c(C(=O)C2CCCN2)c1. The highest BCUT2D eigenvalue weighted by molar-refractivity contribution is 6.04. The molecule has 86 valence electrons. The molecule has 0 aromatic heterocycles. The van der Waals surface area contributed by atoms with Crippen LogP contribution in [0.3, 0.4) is 0 Å². The Kier molecular flexibility index (Phi) is 3.10. The Morgan fingerprint density at radius 2 is 2.38 bits per heavy atom. The third kappa shape index (κ3) is 2.02. The first-order chi connectivity index (χ1) is 7.72. The lowest BCUT2D eigenvalue weighted by molar-refractivity contribution is 0.0953. The molecule has 1 aliphatic rings. The van der Waals surface area contributed by atoms with E-state index in [2.05, 4.69) is 5.32 Å². The van der Waals surface area contributed by atoms with Gasteiger partial charge in [-0.15, -0.1) is 0 Å². The third-order valence-corrected chi connectivity index (χ3v) is 2.90. The van der Waals surface area contributed by atoms with Crippen LogP contribution < -0.4 is 15.8 Å². The Bertz CT molecular complexity index is 398. The largest absolute Gasteiger partial charge is 0.497 e. The van der Waals surface area contributed by atoms with E-state index < -0.39 is 0 Å². The number of nitrogen functional groups attached to an aromatic ring is 1. The average Bonchev–Trinajstić information content (AvgIpc) is 2.82. The molecule has 1 atom stereocenters. The van der Waals surface area contributed by atoms with Crippen LogP contribution in [0.5, 0.6) is 5.75 Å². The highest BCUT2D eigenvalue weighted by atomic mass is 16.5. The zero-order valence-electron chi connectivity index (χ0n) is 9.32. The number of hydrogen-bond acceptors (Lipinski definition) is 4. The zero-order chi connectivity index (χ0) is 11.5. The fraction of sp³-hybridized carbons (Fsp3) is 0.417. The molecule has 1 aliphatic heterocycles. The predicted molar refractivity (Wildman–Crippen MR) is 62.8 cm³/mol. The van der Waals surface area contributed by atoms with E-state index in [4.69, 9.17) is 10.5 Å². The van der Waals surface area contributed by atoms with Gasteiger partial charge >= 0.3 is 0 Å². The molecular formula is C12H16N2O2. The topological polar surface area (TPSA) is 64.3 Å². The van der Waals surface area contributed by atoms with Crippen LogP contribution in [0.15, 0.2) is 18.2 Å². The van der Waals surface area contributed by atoms with Crippen LogP contribution in [0, 0.1) is 0 Å². The summed E-state index contributed by atoms with van der Waals surface area (Å²) in [5, 5.41) is 3.17. The summed E-state index contributed by atoms with van der Waals surface area (Å²) in [5.74, 6) is 0.726. The lowest BCUT2D eigenvalue weighted by Gasteiger charge is -2.12. The smallest absolute Gasteiger partial charge is 0.181 e. The minimum Gasteiger partial charge on any atom is -0.497 e. The summed E-state index contributed by atoms with van der Waals surface area (Å²) in [6, 6.07) is 5.08. The van der Waals surface area contributed by atoms with E-state index in [-0.39, 0.29) is 11.8 Å². The van der Waals surface area contributed by atoms with Crippen molar-refractivity contribution in [3.8, 4) is 5.75 Å². The number of nitrogens with one attached hydrogen (secondary N) is 1. The van der Waals surface area contributed by atoms with Crippen LogP contribution in [0.4, 0.5) is 5.69 Å². The molecule has 4 heteroatoms. The summed E-state index contributed by atoms with van der Waals surface area (Å²) < 4.78 is 5.09. The normalized spacial score (nSPS) is 19.7. The van der Waals surface area contributed by atoms with Crippen molar-refractivity contribution < 1.29 is 9.53 Å². The van der Waals surface area contributed by atoms with Gasteiger partial charge in [0.2, 0.25) is 0 Å². The highest BCUT2D eigenvalue weighted by Crippen LogP contribution is 2.22. The van der Waals surface area contributed by atoms with Crippen molar-refractivity contribution in [2.45, 2.75) is 18.9 Å². The number of hydrogen-bond donors (Lipinski definition) is 2. The van der Waals surface area contributed by atoms with Crippen molar-refractivity contribution in [1.82, 2.24) is 5.32 Å². The van der Waals surface area contributed by atoms with Gasteiger partial charge in [0, 0.05) is 11.3 Å². The van der Waals surface area contributed by atoms with Crippen LogP contribution in [-0.4, -0.2) is 25.5 Å². The first kappa shape index (κ1) is 11.0. The van der Waals surface area contributed by atoms with Crippen LogP contribution in [0.25, 0.3) is 0 Å². The minimum absolute atomic E-state index is 0.0638. The predicted octanol–water partition coefficient (Wildman–Crippen LogP) is 1.21. The summed E-state index contributed by atoms with van der Waals surface area (Å²) in [6.07, 6.45) is 1.93. The van der Waals surface area contributed by atoms with Crippen molar-refractivity contribution in [1.29, 1.82) is 0 Å². The van der Waals surface area contributed by atoms with Gasteiger partial charge < -0.3 is 15.8 Å². The van der Waals surface area contributed by atoms with Gasteiger partial charge in [-0.25, -0.2) is 0 Å². The van der Waals surface area contributed by atoms with E-state index in [9.17, 15) is 4.79 Å². The van der Waals surface area contributed by atoms with E-state index in [0.29, 0.717) is 17.0 Å². The molecule has 0 bridgehead atoms. The lowest BCUT2D eigenvalue weighted by atomic mass is 10.0. The van der Waals surface area contributed by atoms with Gasteiger partial charge in [0.1, 0.15) is 5.75 Å². The highest BCUT2D eigenvalue weighted by Gasteiger charge is 2.24. The number of rotatable bonds is 3. The summed E-state index contributed by atoms with van der Waals surface area (Å²) in [6.45, 7) is 0.903. The average molecular weight is 220 g/mol. The van der Waals surface area contributed by atoms with Gasteiger partial charge in [-0.3, -0.25) is 4.79 Å². The third-order valence-electron chi connectivity index (χ3n) is 2.90. The van der Waals surface area contributed by atoms with E-state index in [1.165, 1.54) is 0 Å². The van der Waals surface area contributed by atoms with Gasteiger partial charge in [0.25, 0.3) is 0 Å². The Balaban J connectivity index is 2.27. The molecule has 1 fully saturated rings. The minimum atomic E-state index is -0.0885. The summed E-state index contributed by atoms with van der Waals surface area (Å²) in [7, 11) is 1.58. The lowest BCUT2D eigenvalue weighted by Crippen LogP contribution is -2.31. The molecule has 3 N–H and O–H groups in total. The molecule has 4 nitrogen and oxygen atoms in total. The molecule has 1 aromatic carbocycles. The van der Waals surface area contributed by atoms with Gasteiger partial charge in [-0.05, 0) is 37.6 Å². The first-order valence-corrected chi connectivity index (χ1v) is 5.43. The molecule has 1 saturated heterocycles. The molecule has 16 heavy (non-hydrogen) atoms. The van der Waals surface area contributed by atoms with E-state index in [1.54, 1.807) is 25.3 Å². The zero-order valence-corrected chi connectivity index (χ0v) is 9.32. The summed E-state index contributed by atoms with van der Waals surface area (Å²) in [4.78, 5) is 12.1. The number of carbonyl (C=O) groups is 1. The Hall–Kier alpha value is -1.55. The summed E-state index contributed by atoms with van der Waals surface area (Å²) in [5.41, 5.74) is 6.88. The van der Waals surface area contributed by atoms with Crippen molar-refractivity contribution in [2.24, 2.45) is 0 Å². The van der Waals surface area contributed by atoms with Crippen molar-refractivity contribution in [3.63, 3.8) is 0 Å². The van der Waals surface area contributed by atoms with Crippen LogP contribution in [0.1, 0.15) is 23.2 Å². The number of carbonyl (C=O) groups excluding carboxylic acids is 1. The number of nitrogens with two attached hydrogens (primary N) is 1. The first-order valence-electron chi connectivity index (χ1n) is 5.43. The van der Waals surface area contributed by atoms with Gasteiger partial charge in [-0.1, -0.05) is 0 Å². The molecular weight excluding hydrogens is 204 g/mol. The fourth-order valence-corrected chi connectivity index (χ4v) is 1.97. The number of methoxy groups -OCH3 is 1. The standard InChI is InChI=1S/C12H16N2O2/c1-16-8-4-5-10(13)9(7-8)12(15)11-3-2-6-14-11/h4-5,7,11,14H,2-3,6,13H2,1H3. The maximum absolute atomic E-state index is 12.1. The van der Waals surface area contributed by atoms with Crippen molar-refractivity contribution in [2.75, 3.05) is 19.4 Å². The Morgan fingerprint density at radius 3 is 3.00 bits per heavy atom. The van der Waals surface area contributed by atoms with Crippen molar-refractivity contribution >= 4 is 11.5 Å². The van der Waals surface area contributed by atoms with Gasteiger partial charge in [-0.2, -0.15) is 0 Å². The molecule has 0 amide bonds. The molecule has 0 saturated carbocycles. The second kappa shape index (κ2) is 4.53. The molecule has 1 heterocycles. The Morgan fingerprint density at radius 1 is 1.56 bits per heavy atom. The molecule has 2 rings (SSSR count). The van der Waals surface area contributed by atoms with E-state index in [1.807, 2.05) is 0 Å². The van der Waals surface area contributed by atoms with Gasteiger partial charge in [0.05, 0.1) is 13.2 Å². The van der Waals surface area contributed by atoms with E-state index in [0.717, 1.165) is 19.4 Å². The van der Waals surface area contributed by atoms with Crippen molar-refractivity contribution in [3.05, 3.63) is 23.8 Å². The van der Waals surface area contributed by atoms with Crippen LogP contribution in [-0.2, 0) is 0 Å². The second-order valence-corrected chi connectivity index (χ2v) is 3.97. The number of Topliss-reactive ketones (excluding diaryl/α,β-unsaturated/α-hetero) is 1. The molecule has 1 aromatic rings. The molecule has 1 unspecified atom stereocenters. The molecule has 0 spiro atoms. The fourth-order valence-electron chi connectivity index (χ4n) is 1.97. The number of ketones is 1. The van der Waals surface area contributed by atoms with Gasteiger partial charge in [0.15, 0.2) is 5.78 Å². The molecule has 0 aliphatic carbocycles. The van der Waals surface area contributed by atoms with E-state index >= 15 is 0 Å². The second-order valence-electron chi connectivity index (χ2n) is 3.97. The summed E-state index contributed by atoms with van der Waals surface area (Å²) >= 11 is 0. The monoisotopic (exact) mass is 220 g/mol. The molecule has 0 radical (unpaired) electrons. The maximum atomic E-state index is 12.1. The number of benzene rings is 1. The number of anilines is 1. The Labute approximate surface area is 94.8 Å². The maximum Gasteiger partial charge on any atom is 0.181 e. The number of ether oxygens (including phenoxy) is 1. The quantitative estimate of drug-likeness (QED) is 0.593. The van der Waals surface area contributed by atoms with Crippen LogP contribution in [0.2, 0.25) is 0 Å². The van der Waals surface area contributed by atoms with Crippen LogP contribution >= 0.6 is 0 Å².